The summed E-state index contributed by atoms with van der Waals surface area (Å²) in [5.74, 6) is -2.66. The van der Waals surface area contributed by atoms with Gasteiger partial charge in [-0.2, -0.15) is 0 Å². The molecule has 7 heteroatoms. The van der Waals surface area contributed by atoms with Crippen molar-refractivity contribution in [2.24, 2.45) is 11.8 Å². The van der Waals surface area contributed by atoms with Gasteiger partial charge in [0.2, 0.25) is 5.91 Å². The zero-order valence-electron chi connectivity index (χ0n) is 14.3. The normalized spacial score (nSPS) is 19.9. The van der Waals surface area contributed by atoms with E-state index in [0.717, 1.165) is 12.8 Å². The van der Waals surface area contributed by atoms with Crippen molar-refractivity contribution in [3.63, 3.8) is 0 Å². The molecule has 1 aliphatic carbocycles. The van der Waals surface area contributed by atoms with Crippen molar-refractivity contribution < 1.29 is 24.2 Å². The second kappa shape index (κ2) is 9.17. The molecule has 0 aromatic heterocycles. The first kappa shape index (κ1) is 18.9. The minimum Gasteiger partial charge on any atom is -0.481 e. The fraction of sp³-hybridized carbons (Fsp3) is 0.500. The van der Waals surface area contributed by atoms with Crippen LogP contribution in [0, 0.1) is 11.8 Å². The van der Waals surface area contributed by atoms with Crippen LogP contribution in [0.2, 0.25) is 0 Å². The maximum Gasteiger partial charge on any atom is 0.307 e. The lowest BCUT2D eigenvalue weighted by atomic mass is 9.78. The third kappa shape index (κ3) is 5.29. The zero-order chi connectivity index (χ0) is 18.2. The first-order valence-corrected chi connectivity index (χ1v) is 8.44. The van der Waals surface area contributed by atoms with Crippen LogP contribution < -0.4 is 10.6 Å². The Bertz CT molecular complexity index is 632. The van der Waals surface area contributed by atoms with E-state index < -0.39 is 17.8 Å². The van der Waals surface area contributed by atoms with Gasteiger partial charge in [-0.05, 0) is 31.0 Å². The Morgan fingerprint density at radius 1 is 1.20 bits per heavy atom. The first-order valence-electron chi connectivity index (χ1n) is 8.44. The fourth-order valence-corrected chi connectivity index (χ4v) is 3.08. The minimum atomic E-state index is -0.925. The van der Waals surface area contributed by atoms with Gasteiger partial charge in [0, 0.05) is 24.9 Å². The zero-order valence-corrected chi connectivity index (χ0v) is 14.3. The number of hydrogen-bond acceptors (Lipinski definition) is 4. The van der Waals surface area contributed by atoms with Crippen molar-refractivity contribution in [1.82, 2.24) is 5.32 Å². The van der Waals surface area contributed by atoms with Gasteiger partial charge >= 0.3 is 5.97 Å². The lowest BCUT2D eigenvalue weighted by Gasteiger charge is -2.27. The van der Waals surface area contributed by atoms with E-state index in [2.05, 4.69) is 10.6 Å². The molecule has 0 saturated heterocycles. The number of carboxylic acid groups (broad SMARTS) is 1. The molecule has 25 heavy (non-hydrogen) atoms. The summed E-state index contributed by atoms with van der Waals surface area (Å²) in [5.41, 5.74) is 0.909. The summed E-state index contributed by atoms with van der Waals surface area (Å²) in [4.78, 5) is 35.9. The molecular formula is C18H24N2O5. The van der Waals surface area contributed by atoms with Crippen LogP contribution in [0.1, 0.15) is 36.0 Å². The Morgan fingerprint density at radius 3 is 2.60 bits per heavy atom. The van der Waals surface area contributed by atoms with Crippen molar-refractivity contribution in [3.05, 3.63) is 29.8 Å². The van der Waals surface area contributed by atoms with E-state index in [1.807, 2.05) is 0 Å². The number of amides is 2. The van der Waals surface area contributed by atoms with Gasteiger partial charge in [0.05, 0.1) is 18.4 Å². The third-order valence-electron chi connectivity index (χ3n) is 4.40. The summed E-state index contributed by atoms with van der Waals surface area (Å²) in [6.45, 7) is 0.814. The van der Waals surface area contributed by atoms with Crippen molar-refractivity contribution in [2.45, 2.75) is 25.7 Å². The van der Waals surface area contributed by atoms with Crippen molar-refractivity contribution in [2.75, 3.05) is 25.6 Å². The Morgan fingerprint density at radius 2 is 1.92 bits per heavy atom. The second-order valence-corrected chi connectivity index (χ2v) is 6.15. The Labute approximate surface area is 146 Å². The first-order chi connectivity index (χ1) is 12.0. The minimum absolute atomic E-state index is 0.255. The summed E-state index contributed by atoms with van der Waals surface area (Å²) in [5, 5.41) is 14.8. The average molecular weight is 348 g/mol. The van der Waals surface area contributed by atoms with Crippen LogP contribution in [0.3, 0.4) is 0 Å². The number of hydrogen-bond donors (Lipinski definition) is 3. The highest BCUT2D eigenvalue weighted by atomic mass is 16.5. The molecule has 7 nitrogen and oxygen atoms in total. The monoisotopic (exact) mass is 348 g/mol. The summed E-state index contributed by atoms with van der Waals surface area (Å²) in [6, 6.07) is 6.59. The van der Waals surface area contributed by atoms with E-state index in [1.54, 1.807) is 31.4 Å². The molecule has 3 N–H and O–H groups in total. The number of carboxylic acids is 1. The van der Waals surface area contributed by atoms with Gasteiger partial charge in [-0.1, -0.05) is 18.9 Å². The van der Waals surface area contributed by atoms with Crippen molar-refractivity contribution >= 4 is 23.5 Å². The van der Waals surface area contributed by atoms with E-state index in [0.29, 0.717) is 37.2 Å². The molecule has 1 aromatic carbocycles. The van der Waals surface area contributed by atoms with E-state index >= 15 is 0 Å². The molecule has 1 aliphatic rings. The van der Waals surface area contributed by atoms with Gasteiger partial charge < -0.3 is 20.5 Å². The maximum atomic E-state index is 12.5. The summed E-state index contributed by atoms with van der Waals surface area (Å²) in [7, 11) is 1.55. The van der Waals surface area contributed by atoms with Gasteiger partial charge in [-0.15, -0.1) is 0 Å². The maximum absolute atomic E-state index is 12.5. The van der Waals surface area contributed by atoms with Crippen LogP contribution in [-0.4, -0.2) is 43.2 Å². The van der Waals surface area contributed by atoms with E-state index in [4.69, 9.17) is 4.74 Å². The van der Waals surface area contributed by atoms with Crippen LogP contribution in [-0.2, 0) is 14.3 Å². The van der Waals surface area contributed by atoms with Crippen LogP contribution in [0.25, 0.3) is 0 Å². The van der Waals surface area contributed by atoms with Crippen molar-refractivity contribution in [3.8, 4) is 0 Å². The largest absolute Gasteiger partial charge is 0.481 e. The molecule has 2 amide bonds. The molecule has 1 fully saturated rings. The van der Waals surface area contributed by atoms with E-state index in [1.165, 1.54) is 0 Å². The molecule has 1 saturated carbocycles. The van der Waals surface area contributed by atoms with Gasteiger partial charge in [-0.3, -0.25) is 14.4 Å². The molecule has 2 atom stereocenters. The topological polar surface area (TPSA) is 105 Å². The standard InChI is InChI=1S/C18H24N2O5/c1-25-10-9-19-16(21)12-5-4-6-13(11-12)20-17(22)14-7-2-3-8-15(14)18(23)24/h4-6,11,14-15H,2-3,7-10H2,1H3,(H,19,21)(H,20,22)(H,23,24)/t14-,15-/m1/s1. The smallest absolute Gasteiger partial charge is 0.307 e. The molecule has 0 unspecified atom stereocenters. The molecule has 1 aromatic rings. The SMILES string of the molecule is COCCNC(=O)c1cccc(NC(=O)[C@@H]2CCCC[C@H]2C(=O)O)c1. The van der Waals surface area contributed by atoms with Crippen LogP contribution in [0.4, 0.5) is 5.69 Å². The summed E-state index contributed by atoms with van der Waals surface area (Å²) >= 11 is 0. The van der Waals surface area contributed by atoms with Crippen LogP contribution >= 0.6 is 0 Å². The third-order valence-corrected chi connectivity index (χ3v) is 4.40. The van der Waals surface area contributed by atoms with Gasteiger partial charge in [0.15, 0.2) is 0 Å². The lowest BCUT2D eigenvalue weighted by Crippen LogP contribution is -2.36. The highest BCUT2D eigenvalue weighted by molar-refractivity contribution is 5.98. The highest BCUT2D eigenvalue weighted by Crippen LogP contribution is 2.31. The molecule has 0 bridgehead atoms. The summed E-state index contributed by atoms with van der Waals surface area (Å²) in [6.07, 6.45) is 2.77. The summed E-state index contributed by atoms with van der Waals surface area (Å²) < 4.78 is 4.88. The average Bonchev–Trinajstić information content (AvgIpc) is 2.62. The fourth-order valence-electron chi connectivity index (χ4n) is 3.08. The van der Waals surface area contributed by atoms with Crippen molar-refractivity contribution in [1.29, 1.82) is 0 Å². The molecule has 0 radical (unpaired) electrons. The number of anilines is 1. The van der Waals surface area contributed by atoms with Gasteiger partial charge in [0.25, 0.3) is 5.91 Å². The van der Waals surface area contributed by atoms with E-state index in [9.17, 15) is 19.5 Å². The number of carbonyl (C=O) groups excluding carboxylic acids is 2. The Kier molecular flexibility index (Phi) is 6.94. The molecule has 2 rings (SSSR count). The number of ether oxygens (including phenoxy) is 1. The quantitative estimate of drug-likeness (QED) is 0.653. The molecule has 0 spiro atoms. The predicted octanol–water partition coefficient (Wildman–Crippen LogP) is 1.89. The number of methoxy groups -OCH3 is 1. The van der Waals surface area contributed by atoms with Gasteiger partial charge in [0.1, 0.15) is 0 Å². The Hall–Kier alpha value is -2.41. The highest BCUT2D eigenvalue weighted by Gasteiger charge is 2.35. The van der Waals surface area contributed by atoms with Crippen LogP contribution in [0.15, 0.2) is 24.3 Å². The molecular weight excluding hydrogens is 324 g/mol. The number of carbonyl (C=O) groups is 3. The van der Waals surface area contributed by atoms with Gasteiger partial charge in [-0.25, -0.2) is 0 Å². The number of aliphatic carboxylic acids is 1. The number of rotatable bonds is 7. The van der Waals surface area contributed by atoms with Crippen LogP contribution in [0.5, 0.6) is 0 Å². The van der Waals surface area contributed by atoms with E-state index in [-0.39, 0.29) is 11.8 Å². The molecule has 136 valence electrons. The number of nitrogens with one attached hydrogen (secondary N) is 2. The second-order valence-electron chi connectivity index (χ2n) is 6.15. The predicted molar refractivity (Wildman–Crippen MR) is 92.4 cm³/mol. The molecule has 0 aliphatic heterocycles. The molecule has 0 heterocycles. The lowest BCUT2D eigenvalue weighted by molar-refractivity contribution is -0.147. The Balaban J connectivity index is 2.02. The number of benzene rings is 1.